The van der Waals surface area contributed by atoms with Gasteiger partial charge in [0.05, 0.1) is 5.60 Å². The molecule has 0 N–H and O–H groups in total. The predicted octanol–water partition coefficient (Wildman–Crippen LogP) is 6.38. The van der Waals surface area contributed by atoms with Crippen molar-refractivity contribution < 1.29 is 13.9 Å². The lowest BCUT2D eigenvalue weighted by Gasteiger charge is -2.47. The van der Waals surface area contributed by atoms with Crippen LogP contribution in [-0.4, -0.2) is 42.3 Å². The molecule has 5 rings (SSSR count). The number of hydrogen-bond donors (Lipinski definition) is 0. The molecule has 0 radical (unpaired) electrons. The summed E-state index contributed by atoms with van der Waals surface area (Å²) in [5.41, 5.74) is 1.45. The number of halogens is 1. The molecule has 2 aromatic rings. The SMILES string of the molecule is COC1(C2CCCCC2)CCN(c2ccc(-c3nnc(C4CCC(C=O)CC4)s3)c(F)c2)CC1. The Morgan fingerprint density at radius 1 is 1.06 bits per heavy atom. The second-order valence-corrected chi connectivity index (χ2v) is 11.5. The van der Waals surface area contributed by atoms with Crippen LogP contribution in [0.3, 0.4) is 0 Å². The highest BCUT2D eigenvalue weighted by Crippen LogP contribution is 2.43. The number of anilines is 1. The van der Waals surface area contributed by atoms with Crippen molar-refractivity contribution in [3.63, 3.8) is 0 Å². The highest BCUT2D eigenvalue weighted by Gasteiger charge is 2.42. The Balaban J connectivity index is 1.24. The van der Waals surface area contributed by atoms with Gasteiger partial charge in [0.1, 0.15) is 17.1 Å². The van der Waals surface area contributed by atoms with E-state index in [2.05, 4.69) is 15.1 Å². The number of benzene rings is 1. The van der Waals surface area contributed by atoms with Gasteiger partial charge in [-0.05, 0) is 75.5 Å². The maximum atomic E-state index is 15.2. The Hall–Kier alpha value is -1.86. The normalized spacial score (nSPS) is 25.9. The van der Waals surface area contributed by atoms with Crippen molar-refractivity contribution in [3.05, 3.63) is 29.0 Å². The first-order valence-corrected chi connectivity index (χ1v) is 13.8. The maximum Gasteiger partial charge on any atom is 0.150 e. The molecule has 34 heavy (non-hydrogen) atoms. The standard InChI is InChI=1S/C27H36FN3O2S/c1-33-27(21-5-3-2-4-6-21)13-15-31(16-14-27)22-11-12-23(24(28)17-22)26-30-29-25(34-26)20-9-7-19(18-32)8-10-20/h11-12,17-21H,2-10,13-16H2,1H3. The zero-order chi connectivity index (χ0) is 23.5. The van der Waals surface area contributed by atoms with Gasteiger partial charge in [-0.25, -0.2) is 4.39 Å². The van der Waals surface area contributed by atoms with Gasteiger partial charge < -0.3 is 14.4 Å². The monoisotopic (exact) mass is 485 g/mol. The van der Waals surface area contributed by atoms with Crippen LogP contribution >= 0.6 is 11.3 Å². The molecular weight excluding hydrogens is 449 g/mol. The van der Waals surface area contributed by atoms with Crippen LogP contribution in [0.5, 0.6) is 0 Å². The molecule has 0 atom stereocenters. The molecule has 1 saturated heterocycles. The lowest BCUT2D eigenvalue weighted by Crippen LogP contribution is -2.50. The fourth-order valence-corrected chi connectivity index (χ4v) is 7.48. The fraction of sp³-hybridized carbons (Fsp3) is 0.667. The molecule has 184 valence electrons. The number of carbonyl (C=O) groups excluding carboxylic acids is 1. The van der Waals surface area contributed by atoms with Crippen molar-refractivity contribution in [2.45, 2.75) is 82.1 Å². The van der Waals surface area contributed by atoms with Gasteiger partial charge in [-0.1, -0.05) is 30.6 Å². The molecule has 0 spiro atoms. The summed E-state index contributed by atoms with van der Waals surface area (Å²) in [6.07, 6.45) is 13.4. The Morgan fingerprint density at radius 2 is 1.79 bits per heavy atom. The van der Waals surface area contributed by atoms with Crippen molar-refractivity contribution in [3.8, 4) is 10.6 Å². The van der Waals surface area contributed by atoms with E-state index in [0.29, 0.717) is 22.4 Å². The van der Waals surface area contributed by atoms with Crippen LogP contribution in [-0.2, 0) is 9.53 Å². The summed E-state index contributed by atoms with van der Waals surface area (Å²) in [5, 5.41) is 10.3. The third-order valence-electron chi connectivity index (χ3n) is 8.67. The second-order valence-electron chi connectivity index (χ2n) is 10.4. The number of ether oxygens (including phenoxy) is 1. The summed E-state index contributed by atoms with van der Waals surface area (Å²) in [6.45, 7) is 1.80. The number of methoxy groups -OCH3 is 1. The van der Waals surface area contributed by atoms with E-state index in [0.717, 1.165) is 68.6 Å². The number of aldehydes is 1. The van der Waals surface area contributed by atoms with Crippen LogP contribution in [0, 0.1) is 17.7 Å². The summed E-state index contributed by atoms with van der Waals surface area (Å²) in [4.78, 5) is 13.3. The van der Waals surface area contributed by atoms with Crippen LogP contribution in [0.1, 0.15) is 81.6 Å². The summed E-state index contributed by atoms with van der Waals surface area (Å²) < 4.78 is 21.3. The van der Waals surface area contributed by atoms with E-state index in [1.807, 2.05) is 19.2 Å². The first-order valence-electron chi connectivity index (χ1n) is 13.0. The summed E-state index contributed by atoms with van der Waals surface area (Å²) in [7, 11) is 1.88. The van der Waals surface area contributed by atoms with E-state index in [9.17, 15) is 4.79 Å². The van der Waals surface area contributed by atoms with Crippen LogP contribution in [0.25, 0.3) is 10.6 Å². The van der Waals surface area contributed by atoms with Crippen molar-refractivity contribution in [2.75, 3.05) is 25.1 Å². The highest BCUT2D eigenvalue weighted by molar-refractivity contribution is 7.14. The molecule has 2 heterocycles. The third kappa shape index (κ3) is 4.78. The molecule has 0 unspecified atom stereocenters. The molecule has 7 heteroatoms. The molecule has 3 fully saturated rings. The van der Waals surface area contributed by atoms with Gasteiger partial charge in [-0.2, -0.15) is 0 Å². The zero-order valence-electron chi connectivity index (χ0n) is 20.2. The minimum absolute atomic E-state index is 0.0107. The Bertz CT molecular complexity index is 974. The second kappa shape index (κ2) is 10.4. The number of carbonyl (C=O) groups is 1. The van der Waals surface area contributed by atoms with Crippen LogP contribution in [0.2, 0.25) is 0 Å². The van der Waals surface area contributed by atoms with Crippen LogP contribution < -0.4 is 4.90 Å². The first-order chi connectivity index (χ1) is 16.6. The average Bonchev–Trinajstić information content (AvgIpc) is 3.39. The van der Waals surface area contributed by atoms with Crippen LogP contribution in [0.4, 0.5) is 10.1 Å². The minimum atomic E-state index is -0.235. The van der Waals surface area contributed by atoms with Gasteiger partial charge in [-0.3, -0.25) is 0 Å². The molecule has 2 saturated carbocycles. The summed E-state index contributed by atoms with van der Waals surface area (Å²) in [5.74, 6) is 0.941. The van der Waals surface area contributed by atoms with Crippen molar-refractivity contribution >= 4 is 23.3 Å². The lowest BCUT2D eigenvalue weighted by molar-refractivity contribution is -0.111. The third-order valence-corrected chi connectivity index (χ3v) is 9.79. The Morgan fingerprint density at radius 3 is 2.44 bits per heavy atom. The minimum Gasteiger partial charge on any atom is -0.378 e. The van der Waals surface area contributed by atoms with E-state index >= 15 is 4.39 Å². The van der Waals surface area contributed by atoms with Gasteiger partial charge in [0.15, 0.2) is 5.01 Å². The quantitative estimate of drug-likeness (QED) is 0.444. The van der Waals surface area contributed by atoms with E-state index in [-0.39, 0.29) is 17.3 Å². The summed E-state index contributed by atoms with van der Waals surface area (Å²) >= 11 is 1.49. The van der Waals surface area contributed by atoms with E-state index in [4.69, 9.17) is 4.74 Å². The largest absolute Gasteiger partial charge is 0.378 e. The van der Waals surface area contributed by atoms with Gasteiger partial charge in [0, 0.05) is 43.3 Å². The summed E-state index contributed by atoms with van der Waals surface area (Å²) in [6, 6.07) is 5.54. The van der Waals surface area contributed by atoms with Crippen molar-refractivity contribution in [1.82, 2.24) is 10.2 Å². The average molecular weight is 486 g/mol. The maximum absolute atomic E-state index is 15.2. The smallest absolute Gasteiger partial charge is 0.150 e. The molecule has 2 aliphatic carbocycles. The predicted molar refractivity (Wildman–Crippen MR) is 134 cm³/mol. The highest BCUT2D eigenvalue weighted by atomic mass is 32.1. The fourth-order valence-electron chi connectivity index (χ4n) is 6.44. The molecule has 0 bridgehead atoms. The van der Waals surface area contributed by atoms with Crippen LogP contribution in [0.15, 0.2) is 18.2 Å². The number of nitrogens with zero attached hydrogens (tertiary/aromatic N) is 3. The lowest BCUT2D eigenvalue weighted by atomic mass is 9.72. The number of hydrogen-bond acceptors (Lipinski definition) is 6. The van der Waals surface area contributed by atoms with Gasteiger partial charge in [-0.15, -0.1) is 10.2 Å². The first kappa shape index (κ1) is 23.9. The van der Waals surface area contributed by atoms with E-state index in [1.165, 1.54) is 43.4 Å². The van der Waals surface area contributed by atoms with Gasteiger partial charge >= 0.3 is 0 Å². The molecule has 1 aromatic carbocycles. The van der Waals surface area contributed by atoms with Crippen molar-refractivity contribution in [1.29, 1.82) is 0 Å². The molecule has 5 nitrogen and oxygen atoms in total. The van der Waals surface area contributed by atoms with E-state index in [1.54, 1.807) is 6.07 Å². The molecule has 1 aliphatic heterocycles. The Labute approximate surface area is 206 Å². The van der Waals surface area contributed by atoms with Gasteiger partial charge in [0.25, 0.3) is 0 Å². The van der Waals surface area contributed by atoms with Crippen molar-refractivity contribution in [2.24, 2.45) is 11.8 Å². The topological polar surface area (TPSA) is 55.3 Å². The van der Waals surface area contributed by atoms with E-state index < -0.39 is 0 Å². The Kier molecular flexibility index (Phi) is 7.30. The molecule has 1 aromatic heterocycles. The number of rotatable bonds is 6. The zero-order valence-corrected chi connectivity index (χ0v) is 21.0. The molecule has 0 amide bonds. The number of piperidine rings is 1. The number of aromatic nitrogens is 2. The molecular formula is C27H36FN3O2S. The molecule has 3 aliphatic rings. The van der Waals surface area contributed by atoms with Gasteiger partial charge in [0.2, 0.25) is 0 Å².